The van der Waals surface area contributed by atoms with Crippen LogP contribution >= 0.6 is 0 Å². The first-order valence-electron chi connectivity index (χ1n) is 7.54. The van der Waals surface area contributed by atoms with Crippen molar-refractivity contribution in [3.8, 4) is 11.6 Å². The van der Waals surface area contributed by atoms with Crippen molar-refractivity contribution < 1.29 is 14.3 Å². The van der Waals surface area contributed by atoms with Crippen LogP contribution in [0.1, 0.15) is 26.3 Å². The summed E-state index contributed by atoms with van der Waals surface area (Å²) in [6.07, 6.45) is 5.15. The zero-order valence-corrected chi connectivity index (χ0v) is 13.8. The average Bonchev–Trinajstić information content (AvgIpc) is 2.97. The molecule has 0 spiro atoms. The fourth-order valence-corrected chi connectivity index (χ4v) is 2.14. The molecule has 0 bridgehead atoms. The lowest BCUT2D eigenvalue weighted by atomic mass is 10.1. The van der Waals surface area contributed by atoms with Gasteiger partial charge < -0.3 is 9.47 Å². The molecule has 0 atom stereocenters. The Kier molecular flexibility index (Phi) is 4.16. The monoisotopic (exact) mass is 326 g/mol. The maximum absolute atomic E-state index is 11.8. The van der Waals surface area contributed by atoms with Crippen LogP contribution in [-0.2, 0) is 16.0 Å². The van der Waals surface area contributed by atoms with Gasteiger partial charge in [0.1, 0.15) is 17.7 Å². The van der Waals surface area contributed by atoms with Crippen LogP contribution < -0.4 is 4.74 Å². The number of rotatable bonds is 4. The molecule has 124 valence electrons. The topological polar surface area (TPSA) is 78.6 Å². The van der Waals surface area contributed by atoms with E-state index in [4.69, 9.17) is 9.47 Å². The second-order valence-electron chi connectivity index (χ2n) is 6.30. The number of fused-ring (bicyclic) bond motifs is 1. The van der Waals surface area contributed by atoms with Crippen molar-refractivity contribution in [1.29, 1.82) is 0 Å². The third-order valence-corrected chi connectivity index (χ3v) is 3.09. The Bertz CT molecular complexity index is 850. The molecule has 0 aliphatic carbocycles. The van der Waals surface area contributed by atoms with Gasteiger partial charge in [0.05, 0.1) is 6.42 Å². The summed E-state index contributed by atoms with van der Waals surface area (Å²) < 4.78 is 12.8. The van der Waals surface area contributed by atoms with E-state index >= 15 is 0 Å². The molecule has 0 unspecified atom stereocenters. The predicted octanol–water partition coefficient (Wildman–Crippen LogP) is 2.80. The molecule has 7 nitrogen and oxygen atoms in total. The highest BCUT2D eigenvalue weighted by molar-refractivity contribution is 5.73. The van der Waals surface area contributed by atoms with Gasteiger partial charge >= 0.3 is 5.97 Å². The molecule has 0 saturated heterocycles. The summed E-state index contributed by atoms with van der Waals surface area (Å²) >= 11 is 0. The third kappa shape index (κ3) is 3.87. The highest BCUT2D eigenvalue weighted by Gasteiger charge is 2.16. The van der Waals surface area contributed by atoms with Crippen molar-refractivity contribution in [3.05, 3.63) is 48.5 Å². The number of carbonyl (C=O) groups excluding carboxylic acids is 1. The van der Waals surface area contributed by atoms with Crippen LogP contribution in [-0.4, -0.2) is 31.2 Å². The highest BCUT2D eigenvalue weighted by Crippen LogP contribution is 2.23. The minimum absolute atomic E-state index is 0.218. The van der Waals surface area contributed by atoms with Gasteiger partial charge in [-0.2, -0.15) is 0 Å². The van der Waals surface area contributed by atoms with Crippen molar-refractivity contribution in [2.24, 2.45) is 0 Å². The first-order valence-corrected chi connectivity index (χ1v) is 7.54. The Morgan fingerprint density at radius 3 is 2.67 bits per heavy atom. The van der Waals surface area contributed by atoms with Crippen LogP contribution in [0, 0.1) is 0 Å². The maximum Gasteiger partial charge on any atom is 0.310 e. The Morgan fingerprint density at radius 1 is 1.21 bits per heavy atom. The van der Waals surface area contributed by atoms with Gasteiger partial charge in [0, 0.05) is 12.4 Å². The van der Waals surface area contributed by atoms with Crippen molar-refractivity contribution in [3.63, 3.8) is 0 Å². The standard InChI is InChI=1S/C17H18N4O3/c1-17(2,3)24-14(22)10-12-4-6-13(7-5-12)23-16-15-20-19-11-21(15)9-8-18-16/h4-9,11H,10H2,1-3H3. The van der Waals surface area contributed by atoms with Gasteiger partial charge in [-0.05, 0) is 38.5 Å². The number of benzene rings is 1. The minimum Gasteiger partial charge on any atom is -0.460 e. The molecule has 24 heavy (non-hydrogen) atoms. The summed E-state index contributed by atoms with van der Waals surface area (Å²) in [6, 6.07) is 7.20. The molecule has 0 aliphatic heterocycles. The molecule has 2 aromatic heterocycles. The fraction of sp³-hybridized carbons (Fsp3) is 0.294. The molecule has 0 N–H and O–H groups in total. The van der Waals surface area contributed by atoms with Gasteiger partial charge in [-0.3, -0.25) is 9.20 Å². The SMILES string of the molecule is CC(C)(C)OC(=O)Cc1ccc(Oc2nccn3cnnc23)cc1. The van der Waals surface area contributed by atoms with E-state index in [1.165, 1.54) is 0 Å². The van der Waals surface area contributed by atoms with E-state index in [1.807, 2.05) is 32.9 Å². The quantitative estimate of drug-likeness (QED) is 0.686. The van der Waals surface area contributed by atoms with Crippen molar-refractivity contribution >= 4 is 11.6 Å². The Hall–Kier alpha value is -2.96. The van der Waals surface area contributed by atoms with E-state index in [0.29, 0.717) is 17.3 Å². The fourth-order valence-electron chi connectivity index (χ4n) is 2.14. The minimum atomic E-state index is -0.483. The van der Waals surface area contributed by atoms with Crippen LogP contribution in [0.3, 0.4) is 0 Å². The van der Waals surface area contributed by atoms with Crippen LogP contribution in [0.2, 0.25) is 0 Å². The molecule has 0 amide bonds. The van der Waals surface area contributed by atoms with E-state index in [0.717, 1.165) is 5.56 Å². The second kappa shape index (κ2) is 6.27. The number of esters is 1. The van der Waals surface area contributed by atoms with E-state index in [-0.39, 0.29) is 12.4 Å². The van der Waals surface area contributed by atoms with Crippen LogP contribution in [0.25, 0.3) is 5.65 Å². The number of ether oxygens (including phenoxy) is 2. The van der Waals surface area contributed by atoms with Crippen molar-refractivity contribution in [2.45, 2.75) is 32.8 Å². The lowest BCUT2D eigenvalue weighted by Gasteiger charge is -2.19. The van der Waals surface area contributed by atoms with Gasteiger partial charge in [-0.25, -0.2) is 4.98 Å². The van der Waals surface area contributed by atoms with Crippen LogP contribution in [0.4, 0.5) is 0 Å². The largest absolute Gasteiger partial charge is 0.460 e. The summed E-state index contributed by atoms with van der Waals surface area (Å²) in [4.78, 5) is 16.0. The molecule has 0 aliphatic rings. The highest BCUT2D eigenvalue weighted by atomic mass is 16.6. The first kappa shape index (κ1) is 15.9. The molecule has 0 saturated carbocycles. The van der Waals surface area contributed by atoms with Gasteiger partial charge in [0.15, 0.2) is 0 Å². The lowest BCUT2D eigenvalue weighted by Crippen LogP contribution is -2.24. The first-order chi connectivity index (χ1) is 11.4. The number of carbonyl (C=O) groups is 1. The van der Waals surface area contributed by atoms with E-state index in [1.54, 1.807) is 35.3 Å². The zero-order valence-electron chi connectivity index (χ0n) is 13.8. The second-order valence-corrected chi connectivity index (χ2v) is 6.30. The van der Waals surface area contributed by atoms with Gasteiger partial charge in [0.2, 0.25) is 5.65 Å². The summed E-state index contributed by atoms with van der Waals surface area (Å²) in [7, 11) is 0. The molecule has 3 aromatic rings. The third-order valence-electron chi connectivity index (χ3n) is 3.09. The number of hydrogen-bond donors (Lipinski definition) is 0. The molecular weight excluding hydrogens is 308 g/mol. The molecular formula is C17H18N4O3. The zero-order chi connectivity index (χ0) is 17.2. The van der Waals surface area contributed by atoms with E-state index in [2.05, 4.69) is 15.2 Å². The number of hydrogen-bond acceptors (Lipinski definition) is 6. The molecule has 1 aromatic carbocycles. The van der Waals surface area contributed by atoms with E-state index < -0.39 is 5.60 Å². The molecule has 2 heterocycles. The average molecular weight is 326 g/mol. The van der Waals surface area contributed by atoms with Crippen LogP contribution in [0.5, 0.6) is 11.6 Å². The van der Waals surface area contributed by atoms with Gasteiger partial charge in [-0.15, -0.1) is 10.2 Å². The molecule has 0 radical (unpaired) electrons. The van der Waals surface area contributed by atoms with Gasteiger partial charge in [-0.1, -0.05) is 12.1 Å². The summed E-state index contributed by atoms with van der Waals surface area (Å²) in [6.45, 7) is 5.54. The Labute approximate surface area is 139 Å². The van der Waals surface area contributed by atoms with Crippen molar-refractivity contribution in [1.82, 2.24) is 19.6 Å². The van der Waals surface area contributed by atoms with Gasteiger partial charge in [0.25, 0.3) is 5.88 Å². The molecule has 7 heteroatoms. The number of nitrogens with zero attached hydrogens (tertiary/aromatic N) is 4. The predicted molar refractivity (Wildman–Crippen MR) is 86.8 cm³/mol. The number of aromatic nitrogens is 4. The van der Waals surface area contributed by atoms with Crippen LogP contribution in [0.15, 0.2) is 43.0 Å². The molecule has 3 rings (SSSR count). The lowest BCUT2D eigenvalue weighted by molar-refractivity contribution is -0.153. The Balaban J connectivity index is 1.69. The molecule has 0 fully saturated rings. The summed E-state index contributed by atoms with van der Waals surface area (Å²) in [5.41, 5.74) is 0.906. The Morgan fingerprint density at radius 2 is 1.96 bits per heavy atom. The van der Waals surface area contributed by atoms with Crippen molar-refractivity contribution in [2.75, 3.05) is 0 Å². The smallest absolute Gasteiger partial charge is 0.310 e. The summed E-state index contributed by atoms with van der Waals surface area (Å²) in [5, 5.41) is 7.79. The summed E-state index contributed by atoms with van der Waals surface area (Å²) in [5.74, 6) is 0.715. The maximum atomic E-state index is 11.8. The normalized spacial score (nSPS) is 11.5. The van der Waals surface area contributed by atoms with E-state index in [9.17, 15) is 4.79 Å².